The summed E-state index contributed by atoms with van der Waals surface area (Å²) < 4.78 is 42.3. The number of hydrogen-bond acceptors (Lipinski definition) is 3. The number of amides is 2. The van der Waals surface area contributed by atoms with Crippen LogP contribution < -0.4 is 10.6 Å². The standard InChI is InChI=1S/C20H16BrF3N4O2/c1-10-17(21)11(2)28(27-10)13-5-3-12(4-6-13)20(30)25-9-16(29)26-15-8-7-14(22)18(23)19(15)24/h3-8H,9H2,1-2H3,(H,25,30)(H,26,29). The van der Waals surface area contributed by atoms with Crippen molar-refractivity contribution in [1.29, 1.82) is 0 Å². The molecular weight excluding hydrogens is 465 g/mol. The number of rotatable bonds is 5. The van der Waals surface area contributed by atoms with Crippen molar-refractivity contribution in [1.82, 2.24) is 15.1 Å². The van der Waals surface area contributed by atoms with Crippen LogP contribution >= 0.6 is 15.9 Å². The van der Waals surface area contributed by atoms with Crippen LogP contribution in [0.3, 0.4) is 0 Å². The van der Waals surface area contributed by atoms with E-state index < -0.39 is 41.5 Å². The Morgan fingerprint density at radius 1 is 1.03 bits per heavy atom. The van der Waals surface area contributed by atoms with Crippen LogP contribution in [0.2, 0.25) is 0 Å². The maximum atomic E-state index is 13.6. The molecule has 0 fully saturated rings. The Labute approximate surface area is 178 Å². The predicted octanol–water partition coefficient (Wildman–Crippen LogP) is 4.04. The SMILES string of the molecule is Cc1nn(-c2ccc(C(=O)NCC(=O)Nc3ccc(F)c(F)c3F)cc2)c(C)c1Br. The first kappa shape index (κ1) is 21.6. The summed E-state index contributed by atoms with van der Waals surface area (Å²) in [6.45, 7) is 3.29. The zero-order valence-corrected chi connectivity index (χ0v) is 17.5. The van der Waals surface area contributed by atoms with Gasteiger partial charge in [-0.15, -0.1) is 0 Å². The number of carbonyl (C=O) groups excluding carboxylic acids is 2. The third-order valence-corrected chi connectivity index (χ3v) is 5.44. The van der Waals surface area contributed by atoms with Gasteiger partial charge in [0.05, 0.1) is 33.8 Å². The fraction of sp³-hybridized carbons (Fsp3) is 0.150. The monoisotopic (exact) mass is 480 g/mol. The van der Waals surface area contributed by atoms with Gasteiger partial charge in [0.25, 0.3) is 5.91 Å². The summed E-state index contributed by atoms with van der Waals surface area (Å²) in [6, 6.07) is 8.14. The lowest BCUT2D eigenvalue weighted by atomic mass is 10.2. The normalized spacial score (nSPS) is 10.7. The molecule has 3 aromatic rings. The van der Waals surface area contributed by atoms with Crippen molar-refractivity contribution >= 4 is 33.4 Å². The first-order valence-electron chi connectivity index (χ1n) is 8.72. The van der Waals surface area contributed by atoms with E-state index >= 15 is 0 Å². The molecule has 30 heavy (non-hydrogen) atoms. The summed E-state index contributed by atoms with van der Waals surface area (Å²) in [4.78, 5) is 24.1. The third kappa shape index (κ3) is 4.38. The summed E-state index contributed by atoms with van der Waals surface area (Å²) in [7, 11) is 0. The molecule has 0 atom stereocenters. The quantitative estimate of drug-likeness (QED) is 0.541. The molecule has 0 aliphatic carbocycles. The largest absolute Gasteiger partial charge is 0.343 e. The summed E-state index contributed by atoms with van der Waals surface area (Å²) >= 11 is 3.46. The van der Waals surface area contributed by atoms with Crippen LogP contribution in [0.4, 0.5) is 18.9 Å². The Bertz CT molecular complexity index is 1130. The van der Waals surface area contributed by atoms with Gasteiger partial charge in [0.15, 0.2) is 17.5 Å². The van der Waals surface area contributed by atoms with Crippen LogP contribution in [0.25, 0.3) is 5.69 Å². The number of nitrogens with one attached hydrogen (secondary N) is 2. The fourth-order valence-electron chi connectivity index (χ4n) is 2.71. The lowest BCUT2D eigenvalue weighted by molar-refractivity contribution is -0.115. The highest BCUT2D eigenvalue weighted by molar-refractivity contribution is 9.10. The third-order valence-electron chi connectivity index (χ3n) is 4.30. The zero-order chi connectivity index (χ0) is 22.0. The number of halogens is 4. The Balaban J connectivity index is 1.62. The zero-order valence-electron chi connectivity index (χ0n) is 15.9. The number of nitrogens with zero attached hydrogens (tertiary/aromatic N) is 2. The molecule has 0 aliphatic rings. The Morgan fingerprint density at radius 2 is 1.70 bits per heavy atom. The van der Waals surface area contributed by atoms with Gasteiger partial charge in [0, 0.05) is 5.56 Å². The molecule has 2 amide bonds. The van der Waals surface area contributed by atoms with Crippen LogP contribution in [0.1, 0.15) is 21.7 Å². The summed E-state index contributed by atoms with van der Waals surface area (Å²) in [5.41, 5.74) is 2.27. The molecule has 3 rings (SSSR count). The second-order valence-electron chi connectivity index (χ2n) is 6.40. The van der Waals surface area contributed by atoms with E-state index in [2.05, 4.69) is 31.7 Å². The van der Waals surface area contributed by atoms with E-state index in [1.165, 1.54) is 0 Å². The van der Waals surface area contributed by atoms with Gasteiger partial charge in [0.2, 0.25) is 5.91 Å². The topological polar surface area (TPSA) is 76.0 Å². The molecular formula is C20H16BrF3N4O2. The molecule has 0 unspecified atom stereocenters. The Hall–Kier alpha value is -3.14. The molecule has 0 spiro atoms. The van der Waals surface area contributed by atoms with E-state index in [-0.39, 0.29) is 0 Å². The first-order valence-corrected chi connectivity index (χ1v) is 9.52. The van der Waals surface area contributed by atoms with Crippen molar-refractivity contribution in [3.05, 3.63) is 75.3 Å². The number of aromatic nitrogens is 2. The van der Waals surface area contributed by atoms with E-state index in [9.17, 15) is 22.8 Å². The molecule has 2 aromatic carbocycles. The molecule has 6 nitrogen and oxygen atoms in total. The number of benzene rings is 2. The van der Waals surface area contributed by atoms with E-state index in [0.717, 1.165) is 27.6 Å². The van der Waals surface area contributed by atoms with Gasteiger partial charge in [0.1, 0.15) is 0 Å². The molecule has 2 N–H and O–H groups in total. The van der Waals surface area contributed by atoms with Crippen LogP contribution in [0.5, 0.6) is 0 Å². The molecule has 156 valence electrons. The average molecular weight is 481 g/mol. The Morgan fingerprint density at radius 3 is 2.30 bits per heavy atom. The van der Waals surface area contributed by atoms with Crippen molar-refractivity contribution in [3.8, 4) is 5.69 Å². The van der Waals surface area contributed by atoms with Crippen LogP contribution in [0, 0.1) is 31.3 Å². The molecule has 1 aromatic heterocycles. The minimum atomic E-state index is -1.69. The number of hydrogen-bond donors (Lipinski definition) is 2. The number of aryl methyl sites for hydroxylation is 1. The smallest absolute Gasteiger partial charge is 0.251 e. The first-order chi connectivity index (χ1) is 14.2. The van der Waals surface area contributed by atoms with E-state index in [1.54, 1.807) is 28.9 Å². The van der Waals surface area contributed by atoms with Crippen molar-refractivity contribution < 1.29 is 22.8 Å². The van der Waals surface area contributed by atoms with Crippen molar-refractivity contribution in [2.45, 2.75) is 13.8 Å². The molecule has 0 aliphatic heterocycles. The summed E-state index contributed by atoms with van der Waals surface area (Å²) in [5.74, 6) is -5.89. The van der Waals surface area contributed by atoms with Gasteiger partial charge in [-0.1, -0.05) is 0 Å². The van der Waals surface area contributed by atoms with Gasteiger partial charge >= 0.3 is 0 Å². The van der Waals surface area contributed by atoms with Crippen molar-refractivity contribution in [3.63, 3.8) is 0 Å². The van der Waals surface area contributed by atoms with Gasteiger partial charge in [-0.05, 0) is 66.2 Å². The highest BCUT2D eigenvalue weighted by atomic mass is 79.9. The summed E-state index contributed by atoms with van der Waals surface area (Å²) in [6.07, 6.45) is 0. The van der Waals surface area contributed by atoms with E-state index in [1.807, 2.05) is 13.8 Å². The molecule has 0 saturated carbocycles. The second-order valence-corrected chi connectivity index (χ2v) is 7.19. The molecule has 0 saturated heterocycles. The molecule has 10 heteroatoms. The van der Waals surface area contributed by atoms with Crippen molar-refractivity contribution in [2.24, 2.45) is 0 Å². The van der Waals surface area contributed by atoms with Gasteiger partial charge in [-0.25, -0.2) is 17.9 Å². The van der Waals surface area contributed by atoms with Crippen LogP contribution in [0.15, 0.2) is 40.9 Å². The molecule has 1 heterocycles. The molecule has 0 radical (unpaired) electrons. The molecule has 0 bridgehead atoms. The minimum Gasteiger partial charge on any atom is -0.343 e. The van der Waals surface area contributed by atoms with Gasteiger partial charge < -0.3 is 10.6 Å². The van der Waals surface area contributed by atoms with Gasteiger partial charge in [-0.2, -0.15) is 5.10 Å². The lowest BCUT2D eigenvalue weighted by Crippen LogP contribution is -2.33. The van der Waals surface area contributed by atoms with Gasteiger partial charge in [-0.3, -0.25) is 9.59 Å². The number of carbonyl (C=O) groups is 2. The fourth-order valence-corrected chi connectivity index (χ4v) is 2.96. The predicted molar refractivity (Wildman–Crippen MR) is 108 cm³/mol. The van der Waals surface area contributed by atoms with E-state index in [4.69, 9.17) is 0 Å². The highest BCUT2D eigenvalue weighted by Crippen LogP contribution is 2.23. The average Bonchev–Trinajstić information content (AvgIpc) is 3.00. The maximum Gasteiger partial charge on any atom is 0.251 e. The highest BCUT2D eigenvalue weighted by Gasteiger charge is 2.16. The maximum absolute atomic E-state index is 13.6. The van der Waals surface area contributed by atoms with Crippen LogP contribution in [-0.4, -0.2) is 28.1 Å². The second kappa shape index (κ2) is 8.70. The minimum absolute atomic E-state index is 0.297. The summed E-state index contributed by atoms with van der Waals surface area (Å²) in [5, 5.41) is 8.86. The Kier molecular flexibility index (Phi) is 6.25. The van der Waals surface area contributed by atoms with Crippen LogP contribution in [-0.2, 0) is 4.79 Å². The van der Waals surface area contributed by atoms with E-state index in [0.29, 0.717) is 11.6 Å². The number of anilines is 1. The van der Waals surface area contributed by atoms with Crippen molar-refractivity contribution in [2.75, 3.05) is 11.9 Å². The lowest BCUT2D eigenvalue weighted by Gasteiger charge is -2.09.